The highest BCUT2D eigenvalue weighted by molar-refractivity contribution is 4.98. The van der Waals surface area contributed by atoms with Crippen molar-refractivity contribution >= 4 is 0 Å². The van der Waals surface area contributed by atoms with Crippen LogP contribution in [0, 0.1) is 11.8 Å². The molecule has 3 heterocycles. The van der Waals surface area contributed by atoms with Gasteiger partial charge in [0, 0.05) is 12.5 Å². The maximum Gasteiger partial charge on any atom is 0.0686 e. The molecule has 1 aliphatic carbocycles. The predicted molar refractivity (Wildman–Crippen MR) is 76.5 cm³/mol. The highest BCUT2D eigenvalue weighted by Gasteiger charge is 2.48. The minimum absolute atomic E-state index is 0.112. The quantitative estimate of drug-likeness (QED) is 0.845. The highest BCUT2D eigenvalue weighted by Crippen LogP contribution is 2.46. The number of aliphatic hydroxyl groups excluding tert-OH is 1. The zero-order valence-electron chi connectivity index (χ0n) is 12.4. The SMILES string of the molecule is OC(C1CCOC2(CCCCC2)C1)C1CC2CCC1O2. The molecule has 0 amide bonds. The maximum atomic E-state index is 10.9. The van der Waals surface area contributed by atoms with Crippen LogP contribution in [0.15, 0.2) is 0 Å². The van der Waals surface area contributed by atoms with Crippen molar-refractivity contribution in [2.24, 2.45) is 11.8 Å². The van der Waals surface area contributed by atoms with Crippen molar-refractivity contribution < 1.29 is 14.6 Å². The molecular weight excluding hydrogens is 252 g/mol. The first-order valence-electron chi connectivity index (χ1n) is 8.73. The van der Waals surface area contributed by atoms with E-state index in [1.54, 1.807) is 0 Å². The Bertz CT molecular complexity index is 345. The third-order valence-corrected chi connectivity index (χ3v) is 6.37. The van der Waals surface area contributed by atoms with E-state index in [1.165, 1.54) is 44.9 Å². The van der Waals surface area contributed by atoms with Crippen molar-refractivity contribution in [1.29, 1.82) is 0 Å². The Labute approximate surface area is 122 Å². The van der Waals surface area contributed by atoms with Gasteiger partial charge in [-0.05, 0) is 50.9 Å². The molecule has 1 saturated carbocycles. The number of hydrogen-bond donors (Lipinski definition) is 1. The molecule has 0 aromatic heterocycles. The average Bonchev–Trinajstić information content (AvgIpc) is 3.10. The Morgan fingerprint density at radius 2 is 1.90 bits per heavy atom. The van der Waals surface area contributed by atoms with Crippen molar-refractivity contribution in [2.75, 3.05) is 6.61 Å². The summed E-state index contributed by atoms with van der Waals surface area (Å²) in [6.45, 7) is 0.851. The lowest BCUT2D eigenvalue weighted by atomic mass is 9.71. The summed E-state index contributed by atoms with van der Waals surface area (Å²) in [7, 11) is 0. The molecule has 1 N–H and O–H groups in total. The van der Waals surface area contributed by atoms with E-state index >= 15 is 0 Å². The standard InChI is InChI=1S/C17H28O3/c18-16(14-10-13-4-5-15(14)20-13)12-6-9-19-17(11-12)7-2-1-3-8-17/h12-16,18H,1-11H2. The van der Waals surface area contributed by atoms with Gasteiger partial charge in [0.2, 0.25) is 0 Å². The van der Waals surface area contributed by atoms with E-state index < -0.39 is 0 Å². The summed E-state index contributed by atoms with van der Waals surface area (Å²) in [6.07, 6.45) is 12.6. The normalized spacial score (nSPS) is 44.9. The molecule has 5 atom stereocenters. The van der Waals surface area contributed by atoms with Crippen molar-refractivity contribution in [2.45, 2.75) is 88.1 Å². The molecule has 2 bridgehead atoms. The molecule has 3 saturated heterocycles. The predicted octanol–water partition coefficient (Wildman–Crippen LogP) is 3.04. The van der Waals surface area contributed by atoms with Crippen LogP contribution in [-0.4, -0.2) is 35.6 Å². The van der Waals surface area contributed by atoms with Crippen molar-refractivity contribution in [3.8, 4) is 0 Å². The third-order valence-electron chi connectivity index (χ3n) is 6.37. The number of ether oxygens (including phenoxy) is 2. The van der Waals surface area contributed by atoms with E-state index in [-0.39, 0.29) is 11.7 Å². The van der Waals surface area contributed by atoms with Gasteiger partial charge >= 0.3 is 0 Å². The minimum atomic E-state index is -0.159. The zero-order valence-corrected chi connectivity index (χ0v) is 12.4. The molecule has 4 fully saturated rings. The molecular formula is C17H28O3. The van der Waals surface area contributed by atoms with E-state index in [0.717, 1.165) is 25.9 Å². The van der Waals surface area contributed by atoms with Crippen LogP contribution in [0.1, 0.15) is 64.2 Å². The van der Waals surface area contributed by atoms with Gasteiger partial charge in [0.1, 0.15) is 0 Å². The van der Waals surface area contributed by atoms with Crippen molar-refractivity contribution in [3.63, 3.8) is 0 Å². The number of fused-ring (bicyclic) bond motifs is 2. The molecule has 3 heteroatoms. The van der Waals surface area contributed by atoms with Crippen LogP contribution in [-0.2, 0) is 9.47 Å². The fourth-order valence-electron chi connectivity index (χ4n) is 5.29. The molecule has 3 nitrogen and oxygen atoms in total. The van der Waals surface area contributed by atoms with Gasteiger partial charge in [0.15, 0.2) is 0 Å². The van der Waals surface area contributed by atoms with Crippen LogP contribution in [0.5, 0.6) is 0 Å². The molecule has 20 heavy (non-hydrogen) atoms. The van der Waals surface area contributed by atoms with Gasteiger partial charge in [-0.2, -0.15) is 0 Å². The van der Waals surface area contributed by atoms with Crippen LogP contribution in [0.2, 0.25) is 0 Å². The largest absolute Gasteiger partial charge is 0.392 e. The molecule has 5 unspecified atom stereocenters. The second-order valence-corrected chi connectivity index (χ2v) is 7.61. The fourth-order valence-corrected chi connectivity index (χ4v) is 5.29. The summed E-state index contributed by atoms with van der Waals surface area (Å²) >= 11 is 0. The summed E-state index contributed by atoms with van der Waals surface area (Å²) < 4.78 is 12.1. The molecule has 0 aromatic rings. The van der Waals surface area contributed by atoms with E-state index in [1.807, 2.05) is 0 Å². The van der Waals surface area contributed by atoms with Gasteiger partial charge in [-0.1, -0.05) is 19.3 Å². The summed E-state index contributed by atoms with van der Waals surface area (Å²) in [5.74, 6) is 0.840. The van der Waals surface area contributed by atoms with E-state index in [2.05, 4.69) is 0 Å². The topological polar surface area (TPSA) is 38.7 Å². The minimum Gasteiger partial charge on any atom is -0.392 e. The van der Waals surface area contributed by atoms with Gasteiger partial charge in [-0.3, -0.25) is 0 Å². The van der Waals surface area contributed by atoms with Crippen molar-refractivity contribution in [1.82, 2.24) is 0 Å². The molecule has 1 spiro atoms. The first-order valence-corrected chi connectivity index (χ1v) is 8.73. The Morgan fingerprint density at radius 1 is 1.05 bits per heavy atom. The number of rotatable bonds is 2. The van der Waals surface area contributed by atoms with Crippen LogP contribution < -0.4 is 0 Å². The maximum absolute atomic E-state index is 10.9. The lowest BCUT2D eigenvalue weighted by Gasteiger charge is -2.45. The lowest BCUT2D eigenvalue weighted by Crippen LogP contribution is -2.47. The van der Waals surface area contributed by atoms with Crippen LogP contribution in [0.3, 0.4) is 0 Å². The number of aliphatic hydroxyl groups is 1. The van der Waals surface area contributed by atoms with Crippen LogP contribution >= 0.6 is 0 Å². The third kappa shape index (κ3) is 2.32. The molecule has 114 valence electrons. The fraction of sp³-hybridized carbons (Fsp3) is 1.00. The molecule has 4 aliphatic rings. The van der Waals surface area contributed by atoms with Crippen LogP contribution in [0.4, 0.5) is 0 Å². The second kappa shape index (κ2) is 5.26. The Hall–Kier alpha value is -0.120. The van der Waals surface area contributed by atoms with Gasteiger partial charge < -0.3 is 14.6 Å². The Balaban J connectivity index is 1.42. The van der Waals surface area contributed by atoms with Gasteiger partial charge in [-0.15, -0.1) is 0 Å². The van der Waals surface area contributed by atoms with Gasteiger partial charge in [-0.25, -0.2) is 0 Å². The molecule has 3 aliphatic heterocycles. The Morgan fingerprint density at radius 3 is 2.60 bits per heavy atom. The Kier molecular flexibility index (Phi) is 3.56. The molecule has 4 rings (SSSR count). The lowest BCUT2D eigenvalue weighted by molar-refractivity contribution is -0.141. The summed E-state index contributed by atoms with van der Waals surface area (Å²) in [5, 5.41) is 10.9. The first kappa shape index (κ1) is 13.5. The van der Waals surface area contributed by atoms with E-state index in [0.29, 0.717) is 24.0 Å². The summed E-state index contributed by atoms with van der Waals surface area (Å²) in [6, 6.07) is 0. The molecule has 0 aromatic carbocycles. The average molecular weight is 280 g/mol. The zero-order chi connectivity index (χ0) is 13.6. The van der Waals surface area contributed by atoms with E-state index in [4.69, 9.17) is 9.47 Å². The smallest absolute Gasteiger partial charge is 0.0686 e. The van der Waals surface area contributed by atoms with Gasteiger partial charge in [0.05, 0.1) is 23.9 Å². The summed E-state index contributed by atoms with van der Waals surface area (Å²) in [4.78, 5) is 0. The van der Waals surface area contributed by atoms with Gasteiger partial charge in [0.25, 0.3) is 0 Å². The summed E-state index contributed by atoms with van der Waals surface area (Å²) in [5.41, 5.74) is 0.112. The van der Waals surface area contributed by atoms with E-state index in [9.17, 15) is 5.11 Å². The van der Waals surface area contributed by atoms with Crippen LogP contribution in [0.25, 0.3) is 0 Å². The molecule has 0 radical (unpaired) electrons. The van der Waals surface area contributed by atoms with Crippen molar-refractivity contribution in [3.05, 3.63) is 0 Å². The highest BCUT2D eigenvalue weighted by atomic mass is 16.5. The number of hydrogen-bond acceptors (Lipinski definition) is 3. The monoisotopic (exact) mass is 280 g/mol. The second-order valence-electron chi connectivity index (χ2n) is 7.61. The first-order chi connectivity index (χ1) is 9.76.